The summed E-state index contributed by atoms with van der Waals surface area (Å²) < 4.78 is 0. The Bertz CT molecular complexity index is 515. The topological polar surface area (TPSA) is 0 Å². The molecule has 0 spiro atoms. The Morgan fingerprint density at radius 1 is 1.06 bits per heavy atom. The summed E-state index contributed by atoms with van der Waals surface area (Å²) in [6, 6.07) is 19.9. The van der Waals surface area contributed by atoms with Crippen LogP contribution in [-0.2, 0) is 6.04 Å². The molecule has 0 aliphatic carbocycles. The van der Waals surface area contributed by atoms with Gasteiger partial charge in [-0.2, -0.15) is 11.1 Å². The van der Waals surface area contributed by atoms with Crippen molar-refractivity contribution in [2.24, 2.45) is 0 Å². The summed E-state index contributed by atoms with van der Waals surface area (Å²) in [7, 11) is -1.90. The molecule has 0 saturated carbocycles. The molecule has 18 heavy (non-hydrogen) atoms. The standard InChI is InChI=1S/C16H17ClSi/c1-3-14-9-11-15(12-10-14)13-18(2,17)16-7-5-4-6-8-16/h3-12H,1,13H2,2H3. The smallest absolute Gasteiger partial charge is 0.161 e. The minimum atomic E-state index is -1.90. The van der Waals surface area contributed by atoms with Crippen LogP contribution in [-0.4, -0.2) is 7.38 Å². The van der Waals surface area contributed by atoms with E-state index in [2.05, 4.69) is 61.7 Å². The molecule has 0 radical (unpaired) electrons. The monoisotopic (exact) mass is 272 g/mol. The van der Waals surface area contributed by atoms with Crippen molar-refractivity contribution in [3.8, 4) is 0 Å². The van der Waals surface area contributed by atoms with Gasteiger partial charge in [-0.05, 0) is 22.4 Å². The molecule has 1 atom stereocenters. The molecule has 1 unspecified atom stereocenters. The average Bonchev–Trinajstić information content (AvgIpc) is 2.40. The first kappa shape index (κ1) is 13.1. The zero-order valence-electron chi connectivity index (χ0n) is 10.6. The molecule has 0 aliphatic heterocycles. The van der Waals surface area contributed by atoms with Crippen LogP contribution in [0.3, 0.4) is 0 Å². The van der Waals surface area contributed by atoms with Gasteiger partial charge in [0.15, 0.2) is 7.38 Å². The minimum Gasteiger partial charge on any atom is -0.161 e. The predicted molar refractivity (Wildman–Crippen MR) is 83.8 cm³/mol. The lowest BCUT2D eigenvalue weighted by Crippen LogP contribution is -2.41. The predicted octanol–water partition coefficient (Wildman–Crippen LogP) is 4.13. The van der Waals surface area contributed by atoms with E-state index in [9.17, 15) is 0 Å². The van der Waals surface area contributed by atoms with Gasteiger partial charge in [-0.25, -0.2) is 0 Å². The quantitative estimate of drug-likeness (QED) is 0.580. The van der Waals surface area contributed by atoms with Crippen molar-refractivity contribution >= 4 is 29.7 Å². The molecule has 0 N–H and O–H groups in total. The van der Waals surface area contributed by atoms with Crippen molar-refractivity contribution in [1.29, 1.82) is 0 Å². The maximum Gasteiger partial charge on any atom is 0.188 e. The fourth-order valence-corrected chi connectivity index (χ4v) is 4.98. The number of hydrogen-bond acceptors (Lipinski definition) is 0. The van der Waals surface area contributed by atoms with E-state index >= 15 is 0 Å². The number of benzene rings is 2. The molecule has 2 rings (SSSR count). The van der Waals surface area contributed by atoms with Gasteiger partial charge >= 0.3 is 0 Å². The number of rotatable bonds is 4. The van der Waals surface area contributed by atoms with Gasteiger partial charge in [-0.15, -0.1) is 0 Å². The summed E-state index contributed by atoms with van der Waals surface area (Å²) in [6.45, 7) is 5.97. The lowest BCUT2D eigenvalue weighted by Gasteiger charge is -2.20. The van der Waals surface area contributed by atoms with Crippen LogP contribution in [0.5, 0.6) is 0 Å². The zero-order valence-corrected chi connectivity index (χ0v) is 12.3. The summed E-state index contributed by atoms with van der Waals surface area (Å²) in [5.74, 6) is 0. The van der Waals surface area contributed by atoms with Crippen molar-refractivity contribution in [2.75, 3.05) is 0 Å². The van der Waals surface area contributed by atoms with Crippen LogP contribution in [0.1, 0.15) is 11.1 Å². The molecule has 0 amide bonds. The minimum absolute atomic E-state index is 0.954. The summed E-state index contributed by atoms with van der Waals surface area (Å²) in [4.78, 5) is 0. The van der Waals surface area contributed by atoms with E-state index in [0.29, 0.717) is 0 Å². The summed E-state index contributed by atoms with van der Waals surface area (Å²) in [5.41, 5.74) is 2.45. The Kier molecular flexibility index (Phi) is 4.05. The molecule has 2 aromatic rings. The van der Waals surface area contributed by atoms with E-state index in [0.717, 1.165) is 11.6 Å². The van der Waals surface area contributed by atoms with E-state index in [4.69, 9.17) is 11.1 Å². The van der Waals surface area contributed by atoms with Crippen molar-refractivity contribution < 1.29 is 0 Å². The molecular weight excluding hydrogens is 256 g/mol. The molecule has 0 nitrogen and oxygen atoms in total. The fraction of sp³-hybridized carbons (Fsp3) is 0.125. The fourth-order valence-electron chi connectivity index (χ4n) is 2.04. The van der Waals surface area contributed by atoms with Gasteiger partial charge in [-0.1, -0.05) is 73.8 Å². The van der Waals surface area contributed by atoms with Crippen LogP contribution < -0.4 is 5.19 Å². The normalized spacial score (nSPS) is 13.9. The van der Waals surface area contributed by atoms with Gasteiger partial charge in [0.05, 0.1) is 0 Å². The van der Waals surface area contributed by atoms with E-state index < -0.39 is 7.38 Å². The van der Waals surface area contributed by atoms with Gasteiger partial charge in [0, 0.05) is 0 Å². The Morgan fingerprint density at radius 3 is 2.22 bits per heavy atom. The highest BCUT2D eigenvalue weighted by Crippen LogP contribution is 2.17. The molecule has 0 aliphatic rings. The Labute approximate surface area is 115 Å². The molecule has 2 aromatic carbocycles. The van der Waals surface area contributed by atoms with Gasteiger partial charge in [0.25, 0.3) is 0 Å². The second-order valence-corrected chi connectivity index (χ2v) is 10.5. The Balaban J connectivity index is 2.19. The molecule has 0 fully saturated rings. The first-order valence-electron chi connectivity index (χ1n) is 6.08. The van der Waals surface area contributed by atoms with Gasteiger partial charge in [0.2, 0.25) is 0 Å². The first-order chi connectivity index (χ1) is 8.62. The summed E-state index contributed by atoms with van der Waals surface area (Å²) >= 11 is 6.79. The first-order valence-corrected chi connectivity index (χ1v) is 9.79. The molecule has 0 saturated heterocycles. The molecule has 0 bridgehead atoms. The highest BCUT2D eigenvalue weighted by molar-refractivity contribution is 7.26. The van der Waals surface area contributed by atoms with Crippen molar-refractivity contribution in [2.45, 2.75) is 12.6 Å². The van der Waals surface area contributed by atoms with Gasteiger partial charge < -0.3 is 0 Å². The van der Waals surface area contributed by atoms with Crippen molar-refractivity contribution in [3.05, 3.63) is 72.3 Å². The Hall–Kier alpha value is -1.31. The van der Waals surface area contributed by atoms with Crippen LogP contribution in [0.2, 0.25) is 6.55 Å². The molecule has 2 heteroatoms. The van der Waals surface area contributed by atoms with Gasteiger partial charge in [0.1, 0.15) is 0 Å². The third kappa shape index (κ3) is 3.12. The SMILES string of the molecule is C=Cc1ccc(C[Si](C)(Cl)c2ccccc2)cc1. The highest BCUT2D eigenvalue weighted by Gasteiger charge is 2.27. The van der Waals surface area contributed by atoms with Crippen LogP contribution in [0.15, 0.2) is 61.2 Å². The summed E-state index contributed by atoms with van der Waals surface area (Å²) in [5, 5.41) is 1.29. The Morgan fingerprint density at radius 2 is 1.67 bits per heavy atom. The lowest BCUT2D eigenvalue weighted by atomic mass is 10.1. The lowest BCUT2D eigenvalue weighted by molar-refractivity contribution is 1.35. The van der Waals surface area contributed by atoms with Gasteiger partial charge in [-0.3, -0.25) is 0 Å². The number of hydrogen-bond donors (Lipinski definition) is 0. The highest BCUT2D eigenvalue weighted by atomic mass is 35.6. The molecule has 0 heterocycles. The van der Waals surface area contributed by atoms with Crippen LogP contribution >= 0.6 is 11.1 Å². The third-order valence-electron chi connectivity index (χ3n) is 3.13. The maximum atomic E-state index is 6.79. The van der Waals surface area contributed by atoms with Crippen molar-refractivity contribution in [1.82, 2.24) is 0 Å². The van der Waals surface area contributed by atoms with E-state index in [-0.39, 0.29) is 0 Å². The van der Waals surface area contributed by atoms with E-state index in [1.54, 1.807) is 0 Å². The molecule has 92 valence electrons. The maximum absolute atomic E-state index is 6.79. The van der Waals surface area contributed by atoms with Crippen LogP contribution in [0, 0.1) is 0 Å². The number of halogens is 1. The van der Waals surface area contributed by atoms with Crippen LogP contribution in [0.4, 0.5) is 0 Å². The molecular formula is C16H17ClSi. The van der Waals surface area contributed by atoms with Crippen LogP contribution in [0.25, 0.3) is 6.08 Å². The molecule has 0 aromatic heterocycles. The van der Waals surface area contributed by atoms with E-state index in [1.165, 1.54) is 10.8 Å². The largest absolute Gasteiger partial charge is 0.188 e. The average molecular weight is 273 g/mol. The van der Waals surface area contributed by atoms with E-state index in [1.807, 2.05) is 12.1 Å². The second kappa shape index (κ2) is 5.55. The third-order valence-corrected chi connectivity index (χ3v) is 6.79. The summed E-state index contributed by atoms with van der Waals surface area (Å²) in [6.07, 6.45) is 1.86. The van der Waals surface area contributed by atoms with Crippen molar-refractivity contribution in [3.63, 3.8) is 0 Å². The zero-order chi connectivity index (χ0) is 13.0. The second-order valence-electron chi connectivity index (χ2n) is 4.69.